The summed E-state index contributed by atoms with van der Waals surface area (Å²) in [5, 5.41) is 3.46. The summed E-state index contributed by atoms with van der Waals surface area (Å²) >= 11 is 0. The van der Waals surface area contributed by atoms with Crippen molar-refractivity contribution in [1.82, 2.24) is 5.32 Å². The highest BCUT2D eigenvalue weighted by Crippen LogP contribution is 2.21. The van der Waals surface area contributed by atoms with E-state index in [2.05, 4.69) is 5.32 Å². The van der Waals surface area contributed by atoms with Crippen LogP contribution in [0.5, 0.6) is 11.5 Å². The molecular weight excluding hydrogens is 334 g/mol. The molecule has 0 aliphatic carbocycles. The molecule has 6 heteroatoms. The quantitative estimate of drug-likeness (QED) is 0.712. The van der Waals surface area contributed by atoms with Crippen molar-refractivity contribution in [2.24, 2.45) is 0 Å². The molecule has 1 heterocycles. The fourth-order valence-electron chi connectivity index (χ4n) is 2.63. The zero-order valence-electron chi connectivity index (χ0n) is 14.7. The molecule has 0 unspecified atom stereocenters. The summed E-state index contributed by atoms with van der Waals surface area (Å²) in [4.78, 5) is 24.7. The third-order valence-electron chi connectivity index (χ3n) is 4.15. The van der Waals surface area contributed by atoms with Gasteiger partial charge < -0.3 is 19.2 Å². The summed E-state index contributed by atoms with van der Waals surface area (Å²) in [6, 6.07) is 13.7. The van der Waals surface area contributed by atoms with Gasteiger partial charge in [-0.15, -0.1) is 0 Å². The Morgan fingerprint density at radius 2 is 1.65 bits per heavy atom. The standard InChI is InChI=1S/C20H19NO5/c1-12(13-4-7-15(24-2)8-5-13)21-19(22)17-10-14-6-9-16(25-3)11-18(14)26-20(17)23/h4-12H,1-3H3,(H,21,22)/t12-/m1/s1. The first-order valence-electron chi connectivity index (χ1n) is 8.08. The van der Waals surface area contributed by atoms with Crippen LogP contribution >= 0.6 is 0 Å². The van der Waals surface area contributed by atoms with Crippen LogP contribution in [0.2, 0.25) is 0 Å². The Morgan fingerprint density at radius 1 is 1.00 bits per heavy atom. The normalized spacial score (nSPS) is 11.8. The first kappa shape index (κ1) is 17.5. The van der Waals surface area contributed by atoms with Crippen LogP contribution in [0.25, 0.3) is 11.0 Å². The minimum absolute atomic E-state index is 0.0389. The van der Waals surface area contributed by atoms with Gasteiger partial charge in [-0.3, -0.25) is 4.79 Å². The molecule has 0 aliphatic heterocycles. The van der Waals surface area contributed by atoms with Gasteiger partial charge in [0.25, 0.3) is 5.91 Å². The third kappa shape index (κ3) is 3.54. The molecule has 0 spiro atoms. The smallest absolute Gasteiger partial charge is 0.349 e. The largest absolute Gasteiger partial charge is 0.497 e. The van der Waals surface area contributed by atoms with Crippen molar-refractivity contribution in [3.05, 3.63) is 70.1 Å². The maximum atomic E-state index is 12.5. The number of methoxy groups -OCH3 is 2. The molecule has 3 rings (SSSR count). The molecule has 0 saturated heterocycles. The molecule has 3 aromatic rings. The van der Waals surface area contributed by atoms with Crippen molar-refractivity contribution in [3.8, 4) is 11.5 Å². The third-order valence-corrected chi connectivity index (χ3v) is 4.15. The minimum atomic E-state index is -0.690. The van der Waals surface area contributed by atoms with Gasteiger partial charge in [0.05, 0.1) is 20.3 Å². The Labute approximate surface area is 150 Å². The lowest BCUT2D eigenvalue weighted by Crippen LogP contribution is -2.30. The maximum absolute atomic E-state index is 12.5. The van der Waals surface area contributed by atoms with E-state index in [1.807, 2.05) is 31.2 Å². The molecule has 0 saturated carbocycles. The molecule has 2 aromatic carbocycles. The maximum Gasteiger partial charge on any atom is 0.349 e. The lowest BCUT2D eigenvalue weighted by atomic mass is 10.1. The van der Waals surface area contributed by atoms with Crippen LogP contribution in [0.3, 0.4) is 0 Å². The van der Waals surface area contributed by atoms with Crippen LogP contribution in [-0.2, 0) is 0 Å². The number of hydrogen-bond acceptors (Lipinski definition) is 5. The van der Waals surface area contributed by atoms with Gasteiger partial charge in [-0.05, 0) is 42.8 Å². The number of ether oxygens (including phenoxy) is 2. The second-order valence-corrected chi connectivity index (χ2v) is 5.82. The molecule has 0 fully saturated rings. The Balaban J connectivity index is 1.84. The summed E-state index contributed by atoms with van der Waals surface area (Å²) in [5.41, 5.74) is 0.538. The van der Waals surface area contributed by atoms with E-state index in [0.29, 0.717) is 16.7 Å². The summed E-state index contributed by atoms with van der Waals surface area (Å²) in [6.07, 6.45) is 0. The van der Waals surface area contributed by atoms with Gasteiger partial charge in [-0.25, -0.2) is 4.79 Å². The van der Waals surface area contributed by atoms with Gasteiger partial charge in [0.1, 0.15) is 22.6 Å². The molecule has 0 aliphatic rings. The first-order valence-corrected chi connectivity index (χ1v) is 8.08. The fraction of sp³-hybridized carbons (Fsp3) is 0.200. The molecule has 1 amide bonds. The van der Waals surface area contributed by atoms with Crippen LogP contribution in [0.4, 0.5) is 0 Å². The topological polar surface area (TPSA) is 77.8 Å². The van der Waals surface area contributed by atoms with Gasteiger partial charge in [-0.1, -0.05) is 12.1 Å². The minimum Gasteiger partial charge on any atom is -0.497 e. The predicted molar refractivity (Wildman–Crippen MR) is 97.9 cm³/mol. The van der Waals surface area contributed by atoms with Crippen molar-refractivity contribution < 1.29 is 18.7 Å². The van der Waals surface area contributed by atoms with Crippen LogP contribution in [0, 0.1) is 0 Å². The van der Waals surface area contributed by atoms with Crippen LogP contribution < -0.4 is 20.4 Å². The highest BCUT2D eigenvalue weighted by atomic mass is 16.5. The Bertz CT molecular complexity index is 991. The highest BCUT2D eigenvalue weighted by molar-refractivity contribution is 5.97. The number of benzene rings is 2. The van der Waals surface area contributed by atoms with E-state index in [0.717, 1.165) is 11.3 Å². The van der Waals surface area contributed by atoms with E-state index in [1.54, 1.807) is 25.3 Å². The first-order chi connectivity index (χ1) is 12.5. The number of carbonyl (C=O) groups is 1. The summed E-state index contributed by atoms with van der Waals surface area (Å²) in [7, 11) is 3.12. The summed E-state index contributed by atoms with van der Waals surface area (Å²) < 4.78 is 15.5. The number of amides is 1. The Kier molecular flexibility index (Phi) is 4.93. The molecule has 1 atom stereocenters. The second-order valence-electron chi connectivity index (χ2n) is 5.82. The van der Waals surface area contributed by atoms with Crippen molar-refractivity contribution in [2.45, 2.75) is 13.0 Å². The summed E-state index contributed by atoms with van der Waals surface area (Å²) in [5.74, 6) is 0.823. The average molecular weight is 353 g/mol. The lowest BCUT2D eigenvalue weighted by molar-refractivity contribution is 0.0936. The fourth-order valence-corrected chi connectivity index (χ4v) is 2.63. The van der Waals surface area contributed by atoms with Crippen molar-refractivity contribution >= 4 is 16.9 Å². The van der Waals surface area contributed by atoms with E-state index >= 15 is 0 Å². The van der Waals surface area contributed by atoms with E-state index < -0.39 is 11.5 Å². The zero-order chi connectivity index (χ0) is 18.7. The zero-order valence-corrected chi connectivity index (χ0v) is 14.7. The van der Waals surface area contributed by atoms with Gasteiger partial charge >= 0.3 is 5.63 Å². The van der Waals surface area contributed by atoms with Crippen LogP contribution in [0.1, 0.15) is 28.9 Å². The highest BCUT2D eigenvalue weighted by Gasteiger charge is 2.17. The Morgan fingerprint density at radius 3 is 2.31 bits per heavy atom. The van der Waals surface area contributed by atoms with Gasteiger partial charge in [0.2, 0.25) is 0 Å². The second kappa shape index (κ2) is 7.31. The molecule has 0 radical (unpaired) electrons. The SMILES string of the molecule is COc1ccc([C@@H](C)NC(=O)c2cc3ccc(OC)cc3oc2=O)cc1. The summed E-state index contributed by atoms with van der Waals surface area (Å²) in [6.45, 7) is 1.84. The predicted octanol–water partition coefficient (Wildman–Crippen LogP) is 3.30. The van der Waals surface area contributed by atoms with Gasteiger partial charge in [-0.2, -0.15) is 0 Å². The number of rotatable bonds is 5. The number of carbonyl (C=O) groups excluding carboxylic acids is 1. The molecule has 0 bridgehead atoms. The number of nitrogens with one attached hydrogen (secondary N) is 1. The lowest BCUT2D eigenvalue weighted by Gasteiger charge is -2.14. The molecule has 1 N–H and O–H groups in total. The molecular formula is C20H19NO5. The van der Waals surface area contributed by atoms with E-state index in [9.17, 15) is 9.59 Å². The molecule has 134 valence electrons. The Hall–Kier alpha value is -3.28. The van der Waals surface area contributed by atoms with Crippen LogP contribution in [-0.4, -0.2) is 20.1 Å². The van der Waals surface area contributed by atoms with Gasteiger partial charge in [0.15, 0.2) is 0 Å². The van der Waals surface area contributed by atoms with E-state index in [4.69, 9.17) is 13.9 Å². The molecule has 6 nitrogen and oxygen atoms in total. The van der Waals surface area contributed by atoms with E-state index in [1.165, 1.54) is 13.2 Å². The molecule has 1 aromatic heterocycles. The van der Waals surface area contributed by atoms with Gasteiger partial charge in [0, 0.05) is 11.5 Å². The monoisotopic (exact) mass is 353 g/mol. The number of hydrogen-bond donors (Lipinski definition) is 1. The van der Waals surface area contributed by atoms with Crippen LogP contribution in [0.15, 0.2) is 57.7 Å². The number of fused-ring (bicyclic) bond motifs is 1. The molecule has 26 heavy (non-hydrogen) atoms. The van der Waals surface area contributed by atoms with Crippen molar-refractivity contribution in [3.63, 3.8) is 0 Å². The average Bonchev–Trinajstić information content (AvgIpc) is 2.66. The van der Waals surface area contributed by atoms with Crippen molar-refractivity contribution in [2.75, 3.05) is 14.2 Å². The van der Waals surface area contributed by atoms with E-state index in [-0.39, 0.29) is 11.6 Å². The van der Waals surface area contributed by atoms with Crippen molar-refractivity contribution in [1.29, 1.82) is 0 Å².